The van der Waals surface area contributed by atoms with E-state index in [1.807, 2.05) is 0 Å². The maximum absolute atomic E-state index is 0. The largest absolute Gasteiger partial charge is 1.00 e. The predicted octanol–water partition coefficient (Wildman–Crippen LogP) is -5.31. The molecule has 0 aromatic heterocycles. The number of hydrogen-bond acceptors (Lipinski definition) is 0. The van der Waals surface area contributed by atoms with Crippen molar-refractivity contribution in [1.29, 1.82) is 0 Å². The predicted molar refractivity (Wildman–Crippen MR) is 9.73 cm³/mol. The Kier molecular flexibility index (Phi) is 237. The summed E-state index contributed by atoms with van der Waals surface area (Å²) in [6.07, 6.45) is 0. The number of hydrogen-bond donors (Lipinski definition) is 0. The third-order valence-corrected chi connectivity index (χ3v) is 0. The molecule has 0 aliphatic carbocycles. The first kappa shape index (κ1) is 42.9. The van der Waals surface area contributed by atoms with E-state index in [9.17, 15) is 0 Å². The van der Waals surface area contributed by atoms with Crippen molar-refractivity contribution in [3.05, 3.63) is 0 Å². The summed E-state index contributed by atoms with van der Waals surface area (Å²) in [5, 5.41) is 0. The second kappa shape index (κ2) is 27.7. The summed E-state index contributed by atoms with van der Waals surface area (Å²) in [6, 6.07) is 0. The van der Waals surface area contributed by atoms with Crippen molar-refractivity contribution in [2.45, 2.75) is 0 Å². The van der Waals surface area contributed by atoms with Gasteiger partial charge in [-0.15, -0.1) is 0 Å². The molecular formula is H5F3K2. The normalized spacial score (nSPS) is 0. The van der Waals surface area contributed by atoms with Crippen molar-refractivity contribution in [3.63, 3.8) is 0 Å². The molecule has 0 spiro atoms. The SMILES string of the molecule is F.F.F.[H-].[H-].[K+].[K+]. The summed E-state index contributed by atoms with van der Waals surface area (Å²) in [7, 11) is 0. The minimum atomic E-state index is 0. The molecule has 0 aromatic carbocycles. The molecule has 0 rings (SSSR count). The van der Waals surface area contributed by atoms with Crippen LogP contribution in [0.2, 0.25) is 0 Å². The van der Waals surface area contributed by atoms with Gasteiger partial charge in [-0.1, -0.05) is 0 Å². The summed E-state index contributed by atoms with van der Waals surface area (Å²) >= 11 is 0. The molecule has 0 heterocycles. The maximum Gasteiger partial charge on any atom is 1.00 e. The number of rotatable bonds is 0. The Labute approximate surface area is 116 Å². The van der Waals surface area contributed by atoms with E-state index in [0.29, 0.717) is 0 Å². The average Bonchev–Trinajstić information content (AvgIpc) is 0. The van der Waals surface area contributed by atoms with E-state index in [-0.39, 0.29) is 120 Å². The molecule has 0 saturated heterocycles. The van der Waals surface area contributed by atoms with Crippen molar-refractivity contribution in [1.82, 2.24) is 0 Å². The minimum Gasteiger partial charge on any atom is -1.00 e. The summed E-state index contributed by atoms with van der Waals surface area (Å²) in [5.41, 5.74) is 0. The third-order valence-electron chi connectivity index (χ3n) is 0. The van der Waals surface area contributed by atoms with E-state index in [4.69, 9.17) is 0 Å². The first-order chi connectivity index (χ1) is 0. The van der Waals surface area contributed by atoms with E-state index in [0.717, 1.165) is 0 Å². The standard InChI is InChI=1S/3FH.2K.2H/h3*1H;;;;/q;;;2*+1;2*-1. The van der Waals surface area contributed by atoms with Crippen LogP contribution in [0, 0.1) is 0 Å². The molecule has 0 radical (unpaired) electrons. The van der Waals surface area contributed by atoms with Gasteiger partial charge in [0.25, 0.3) is 0 Å². The zero-order valence-electron chi connectivity index (χ0n) is 5.22. The Bertz CT molecular complexity index is 10.9. The van der Waals surface area contributed by atoms with Crippen LogP contribution < -0.4 is 103 Å². The van der Waals surface area contributed by atoms with Crippen LogP contribution in [0.3, 0.4) is 0 Å². The zero-order valence-corrected chi connectivity index (χ0v) is 9.47. The van der Waals surface area contributed by atoms with Crippen LogP contribution in [0.15, 0.2) is 0 Å². The molecule has 0 aliphatic rings. The van der Waals surface area contributed by atoms with Gasteiger partial charge in [0.2, 0.25) is 0 Å². The smallest absolute Gasteiger partial charge is 1.00 e. The van der Waals surface area contributed by atoms with Gasteiger partial charge in [-0.05, 0) is 0 Å². The Morgan fingerprint density at radius 3 is 0.600 bits per heavy atom. The molecule has 0 bridgehead atoms. The Morgan fingerprint density at radius 1 is 0.600 bits per heavy atom. The molecule has 0 fully saturated rings. The Morgan fingerprint density at radius 2 is 0.600 bits per heavy atom. The monoisotopic (exact) mass is 140 g/mol. The molecule has 0 aliphatic heterocycles. The summed E-state index contributed by atoms with van der Waals surface area (Å²) < 4.78 is 0. The molecule has 0 amide bonds. The van der Waals surface area contributed by atoms with Crippen LogP contribution >= 0.6 is 0 Å². The van der Waals surface area contributed by atoms with E-state index in [1.54, 1.807) is 0 Å². The quantitative estimate of drug-likeness (QED) is 0.295. The van der Waals surface area contributed by atoms with Crippen molar-refractivity contribution in [2.24, 2.45) is 0 Å². The van der Waals surface area contributed by atoms with E-state index in [1.165, 1.54) is 0 Å². The van der Waals surface area contributed by atoms with Gasteiger partial charge in [-0.3, -0.25) is 14.1 Å². The fraction of sp³-hybridized carbons (Fsp3) is 0. The molecule has 0 nitrogen and oxygen atoms in total. The summed E-state index contributed by atoms with van der Waals surface area (Å²) in [4.78, 5) is 0. The van der Waals surface area contributed by atoms with Crippen LogP contribution in [0.1, 0.15) is 2.85 Å². The summed E-state index contributed by atoms with van der Waals surface area (Å²) in [6.45, 7) is 0. The van der Waals surface area contributed by atoms with Gasteiger partial charge >= 0.3 is 103 Å². The van der Waals surface area contributed by atoms with Crippen molar-refractivity contribution in [3.8, 4) is 0 Å². The van der Waals surface area contributed by atoms with E-state index >= 15 is 0 Å². The van der Waals surface area contributed by atoms with Gasteiger partial charge in [0.15, 0.2) is 0 Å². The van der Waals surface area contributed by atoms with Gasteiger partial charge in [-0.25, -0.2) is 0 Å². The van der Waals surface area contributed by atoms with E-state index < -0.39 is 0 Å². The van der Waals surface area contributed by atoms with Crippen LogP contribution in [0.25, 0.3) is 0 Å². The van der Waals surface area contributed by atoms with Crippen molar-refractivity contribution >= 4 is 0 Å². The van der Waals surface area contributed by atoms with Crippen LogP contribution in [0.5, 0.6) is 0 Å². The molecule has 5 heteroatoms. The van der Waals surface area contributed by atoms with Crippen LogP contribution in [0.4, 0.5) is 14.1 Å². The second-order valence-corrected chi connectivity index (χ2v) is 0. The molecule has 28 valence electrons. The molecule has 0 aromatic rings. The second-order valence-electron chi connectivity index (χ2n) is 0. The first-order valence-electron chi connectivity index (χ1n) is 0. The molecular weight excluding hydrogens is 135 g/mol. The first-order valence-corrected chi connectivity index (χ1v) is 0. The zero-order chi connectivity index (χ0) is 0. The van der Waals surface area contributed by atoms with Gasteiger partial charge in [0, 0.05) is 0 Å². The minimum absolute atomic E-state index is 0. The third kappa shape index (κ3) is 19.3. The Hall–Kier alpha value is 3.06. The van der Waals surface area contributed by atoms with Crippen LogP contribution in [-0.4, -0.2) is 0 Å². The molecule has 5 heavy (non-hydrogen) atoms. The fourth-order valence-corrected chi connectivity index (χ4v) is 0. The number of halogens is 3. The van der Waals surface area contributed by atoms with E-state index in [2.05, 4.69) is 0 Å². The van der Waals surface area contributed by atoms with Crippen molar-refractivity contribution in [2.75, 3.05) is 0 Å². The topological polar surface area (TPSA) is 0 Å². The molecule has 0 atom stereocenters. The van der Waals surface area contributed by atoms with Gasteiger partial charge in [-0.2, -0.15) is 0 Å². The molecule has 0 saturated carbocycles. The summed E-state index contributed by atoms with van der Waals surface area (Å²) in [5.74, 6) is 0. The fourth-order valence-electron chi connectivity index (χ4n) is 0. The van der Waals surface area contributed by atoms with Gasteiger partial charge in [0.1, 0.15) is 0 Å². The van der Waals surface area contributed by atoms with Crippen molar-refractivity contribution < 1.29 is 120 Å². The van der Waals surface area contributed by atoms with Crippen LogP contribution in [-0.2, 0) is 0 Å². The maximum atomic E-state index is 0. The molecule has 0 unspecified atom stereocenters. The molecule has 0 N–H and O–H groups in total. The Balaban J connectivity index is 0. The average molecular weight is 140 g/mol. The van der Waals surface area contributed by atoms with Gasteiger partial charge < -0.3 is 2.85 Å². The van der Waals surface area contributed by atoms with Gasteiger partial charge in [0.05, 0.1) is 0 Å².